The maximum atomic E-state index is 11.4. The van der Waals surface area contributed by atoms with Gasteiger partial charge in [-0.15, -0.1) is 11.3 Å². The minimum Gasteiger partial charge on any atom is -0.449 e. The molecule has 0 saturated heterocycles. The first-order chi connectivity index (χ1) is 7.94. The molecule has 0 radical (unpaired) electrons. The third kappa shape index (κ3) is 5.02. The van der Waals surface area contributed by atoms with Gasteiger partial charge in [0.2, 0.25) is 0 Å². The summed E-state index contributed by atoms with van der Waals surface area (Å²) in [6.07, 6.45) is -0.995. The van der Waals surface area contributed by atoms with Gasteiger partial charge in [-0.2, -0.15) is 13.1 Å². The van der Waals surface area contributed by atoms with E-state index in [1.807, 2.05) is 11.4 Å². The quantitative estimate of drug-likeness (QED) is 0.850. The van der Waals surface area contributed by atoms with Crippen LogP contribution in [-0.4, -0.2) is 21.1 Å². The molecule has 17 heavy (non-hydrogen) atoms. The van der Waals surface area contributed by atoms with Crippen LogP contribution in [0, 0.1) is 0 Å². The van der Waals surface area contributed by atoms with Crippen molar-refractivity contribution in [2.45, 2.75) is 13.5 Å². The van der Waals surface area contributed by atoms with E-state index >= 15 is 0 Å². The molecular weight excluding hydrogens is 332 g/mol. The van der Waals surface area contributed by atoms with Crippen LogP contribution in [0.3, 0.4) is 0 Å². The number of carbonyl (C=O) groups is 1. The lowest BCUT2D eigenvalue weighted by molar-refractivity contribution is 0.158. The second-order valence-corrected chi connectivity index (χ2v) is 6.19. The van der Waals surface area contributed by atoms with Gasteiger partial charge >= 0.3 is 16.3 Å². The zero-order valence-corrected chi connectivity index (χ0v) is 12.1. The Morgan fingerprint density at radius 3 is 2.82 bits per heavy atom. The Labute approximate surface area is 112 Å². The van der Waals surface area contributed by atoms with Gasteiger partial charge < -0.3 is 4.74 Å². The number of rotatable bonds is 5. The van der Waals surface area contributed by atoms with Crippen LogP contribution in [0.1, 0.15) is 11.8 Å². The van der Waals surface area contributed by atoms with Gasteiger partial charge in [0.15, 0.2) is 0 Å². The van der Waals surface area contributed by atoms with Crippen LogP contribution in [0.2, 0.25) is 0 Å². The molecule has 0 aliphatic heterocycles. The number of thiophene rings is 1. The molecule has 0 spiro atoms. The van der Waals surface area contributed by atoms with Gasteiger partial charge in [-0.1, -0.05) is 0 Å². The molecule has 0 atom stereocenters. The summed E-state index contributed by atoms with van der Waals surface area (Å²) in [5.74, 6) is 0. The number of amides is 1. The van der Waals surface area contributed by atoms with Crippen LogP contribution in [0.4, 0.5) is 4.79 Å². The minimum absolute atomic E-state index is 0.104. The number of carbonyl (C=O) groups excluding carboxylic acids is 1. The van der Waals surface area contributed by atoms with Crippen LogP contribution < -0.4 is 9.44 Å². The summed E-state index contributed by atoms with van der Waals surface area (Å²) in [4.78, 5) is 11.7. The highest BCUT2D eigenvalue weighted by Gasteiger charge is 2.15. The monoisotopic (exact) mass is 342 g/mol. The van der Waals surface area contributed by atoms with Gasteiger partial charge in [0.1, 0.15) is 0 Å². The maximum Gasteiger partial charge on any atom is 0.421 e. The average molecular weight is 343 g/mol. The normalized spacial score (nSPS) is 11.2. The molecule has 2 N–H and O–H groups in total. The van der Waals surface area contributed by atoms with Crippen LogP contribution in [-0.2, 0) is 21.5 Å². The predicted octanol–water partition coefficient (Wildman–Crippen LogP) is 1.59. The highest BCUT2D eigenvalue weighted by Crippen LogP contribution is 2.22. The Hall–Kier alpha value is -0.640. The first-order valence-electron chi connectivity index (χ1n) is 4.60. The van der Waals surface area contributed by atoms with Crippen molar-refractivity contribution in [1.29, 1.82) is 0 Å². The second kappa shape index (κ2) is 6.34. The Balaban J connectivity index is 2.50. The molecule has 0 aromatic carbocycles. The summed E-state index contributed by atoms with van der Waals surface area (Å²) in [6.45, 7) is 1.80. The Kier molecular flexibility index (Phi) is 5.37. The van der Waals surface area contributed by atoms with Crippen molar-refractivity contribution in [3.8, 4) is 0 Å². The highest BCUT2D eigenvalue weighted by atomic mass is 79.9. The molecule has 96 valence electrons. The van der Waals surface area contributed by atoms with E-state index in [2.05, 4.69) is 25.4 Å². The van der Waals surface area contributed by atoms with Gasteiger partial charge in [0.25, 0.3) is 0 Å². The van der Waals surface area contributed by atoms with E-state index < -0.39 is 16.3 Å². The average Bonchev–Trinajstić information content (AvgIpc) is 2.60. The smallest absolute Gasteiger partial charge is 0.421 e. The Bertz CT molecular complexity index is 485. The lowest BCUT2D eigenvalue weighted by Gasteiger charge is -2.07. The molecule has 9 heteroatoms. The molecule has 0 fully saturated rings. The standard InChI is InChI=1S/C8H11BrN2O4S2/c1-2-15-8(12)11-17(13,14)10-5-7-6(9)3-4-16-7/h3-4,10H,2,5H2,1H3,(H,11,12). The van der Waals surface area contributed by atoms with Crippen molar-refractivity contribution in [1.82, 2.24) is 9.44 Å². The summed E-state index contributed by atoms with van der Waals surface area (Å²) in [6, 6.07) is 1.81. The van der Waals surface area contributed by atoms with Gasteiger partial charge in [0.05, 0.1) is 6.61 Å². The molecule has 1 aromatic rings. The largest absolute Gasteiger partial charge is 0.449 e. The lowest BCUT2D eigenvalue weighted by atomic mass is 10.5. The van der Waals surface area contributed by atoms with E-state index in [1.165, 1.54) is 11.3 Å². The third-order valence-electron chi connectivity index (χ3n) is 1.61. The van der Waals surface area contributed by atoms with E-state index in [-0.39, 0.29) is 13.2 Å². The molecule has 1 rings (SSSR count). The van der Waals surface area contributed by atoms with Crippen molar-refractivity contribution in [2.24, 2.45) is 0 Å². The molecule has 0 aliphatic rings. The summed E-state index contributed by atoms with van der Waals surface area (Å²) in [5.41, 5.74) is 0. The van der Waals surface area contributed by atoms with Crippen molar-refractivity contribution >= 4 is 43.6 Å². The van der Waals surface area contributed by atoms with Crippen LogP contribution >= 0.6 is 27.3 Å². The van der Waals surface area contributed by atoms with E-state index in [1.54, 1.807) is 11.6 Å². The fourth-order valence-electron chi connectivity index (χ4n) is 0.918. The van der Waals surface area contributed by atoms with Crippen molar-refractivity contribution in [3.63, 3.8) is 0 Å². The van der Waals surface area contributed by atoms with Crippen molar-refractivity contribution < 1.29 is 17.9 Å². The second-order valence-electron chi connectivity index (χ2n) is 2.84. The van der Waals surface area contributed by atoms with Crippen molar-refractivity contribution in [2.75, 3.05) is 6.61 Å². The molecule has 0 unspecified atom stereocenters. The van der Waals surface area contributed by atoms with Crippen molar-refractivity contribution in [3.05, 3.63) is 20.8 Å². The SMILES string of the molecule is CCOC(=O)NS(=O)(=O)NCc1sccc1Br. The molecule has 1 aromatic heterocycles. The fourth-order valence-corrected chi connectivity index (χ4v) is 3.13. The molecule has 0 aliphatic carbocycles. The van der Waals surface area contributed by atoms with Gasteiger partial charge in [-0.3, -0.25) is 0 Å². The van der Waals surface area contributed by atoms with Gasteiger partial charge in [0, 0.05) is 15.9 Å². The predicted molar refractivity (Wildman–Crippen MR) is 67.9 cm³/mol. The Morgan fingerprint density at radius 2 is 2.29 bits per heavy atom. The fraction of sp³-hybridized carbons (Fsp3) is 0.375. The summed E-state index contributed by atoms with van der Waals surface area (Å²) >= 11 is 4.67. The summed E-state index contributed by atoms with van der Waals surface area (Å²) in [7, 11) is -3.88. The number of hydrogen-bond donors (Lipinski definition) is 2. The van der Waals surface area contributed by atoms with Crippen LogP contribution in [0.5, 0.6) is 0 Å². The summed E-state index contributed by atoms with van der Waals surface area (Å²) < 4.78 is 32.0. The molecule has 1 amide bonds. The molecule has 0 bridgehead atoms. The lowest BCUT2D eigenvalue weighted by Crippen LogP contribution is -2.40. The number of ether oxygens (including phenoxy) is 1. The molecule has 0 saturated carbocycles. The first kappa shape index (κ1) is 14.4. The number of nitrogens with one attached hydrogen (secondary N) is 2. The highest BCUT2D eigenvalue weighted by molar-refractivity contribution is 9.10. The van der Waals surface area contributed by atoms with E-state index in [4.69, 9.17) is 0 Å². The zero-order valence-electron chi connectivity index (χ0n) is 8.90. The van der Waals surface area contributed by atoms with Gasteiger partial charge in [-0.05, 0) is 34.3 Å². The van der Waals surface area contributed by atoms with Gasteiger partial charge in [-0.25, -0.2) is 9.52 Å². The Morgan fingerprint density at radius 1 is 1.59 bits per heavy atom. The third-order valence-corrected chi connectivity index (χ3v) is 4.49. The number of halogens is 1. The van der Waals surface area contributed by atoms with Crippen LogP contribution in [0.15, 0.2) is 15.9 Å². The number of hydrogen-bond acceptors (Lipinski definition) is 5. The molecule has 6 nitrogen and oxygen atoms in total. The minimum atomic E-state index is -3.88. The van der Waals surface area contributed by atoms with E-state index in [9.17, 15) is 13.2 Å². The van der Waals surface area contributed by atoms with E-state index in [0.29, 0.717) is 0 Å². The van der Waals surface area contributed by atoms with Crippen LogP contribution in [0.25, 0.3) is 0 Å². The van der Waals surface area contributed by atoms with E-state index in [0.717, 1.165) is 9.35 Å². The topological polar surface area (TPSA) is 84.5 Å². The molecular formula is C8H11BrN2O4S2. The molecule has 1 heterocycles. The first-order valence-corrected chi connectivity index (χ1v) is 7.76. The summed E-state index contributed by atoms with van der Waals surface area (Å²) in [5, 5.41) is 1.83. The maximum absolute atomic E-state index is 11.4. The zero-order chi connectivity index (χ0) is 12.9.